The first kappa shape index (κ1) is 30.7. The Kier molecular flexibility index (Phi) is 11.4. The Hall–Kier alpha value is -2.82. The van der Waals surface area contributed by atoms with Gasteiger partial charge >= 0.3 is 5.97 Å². The zero-order valence-electron chi connectivity index (χ0n) is 21.7. The van der Waals surface area contributed by atoms with E-state index < -0.39 is 11.9 Å². The van der Waals surface area contributed by atoms with Crippen LogP contribution in [0.15, 0.2) is 41.3 Å². The predicted molar refractivity (Wildman–Crippen MR) is 153 cm³/mol. The predicted octanol–water partition coefficient (Wildman–Crippen LogP) is 7.37. The molecular weight excluding hydrogens is 566 g/mol. The quantitative estimate of drug-likeness (QED) is 0.158. The summed E-state index contributed by atoms with van der Waals surface area (Å²) in [6.07, 6.45) is 3.47. The Balaban J connectivity index is 1.65. The molecule has 0 saturated heterocycles. The first-order valence-corrected chi connectivity index (χ1v) is 13.8. The molecule has 2 N–H and O–H groups in total. The van der Waals surface area contributed by atoms with Gasteiger partial charge in [-0.1, -0.05) is 35.3 Å². The van der Waals surface area contributed by atoms with Crippen LogP contribution in [0.2, 0.25) is 10.0 Å². The third kappa shape index (κ3) is 8.58. The number of thiazole rings is 1. The van der Waals surface area contributed by atoms with Gasteiger partial charge in [0.15, 0.2) is 5.13 Å². The smallest absolute Gasteiger partial charge is 0.331 e. The number of aryl methyl sites for hydroxylation is 1. The minimum Gasteiger partial charge on any atom is -0.478 e. The van der Waals surface area contributed by atoms with Gasteiger partial charge in [-0.05, 0) is 62.9 Å². The second-order valence-corrected chi connectivity index (χ2v) is 10.5. The molecule has 0 spiro atoms. The summed E-state index contributed by atoms with van der Waals surface area (Å²) in [6.45, 7) is 4.51. The van der Waals surface area contributed by atoms with Crippen molar-refractivity contribution in [1.82, 2.24) is 4.98 Å². The number of carboxylic acid groups (broad SMARTS) is 1. The molecule has 39 heavy (non-hydrogen) atoms. The third-order valence-corrected chi connectivity index (χ3v) is 7.31. The van der Waals surface area contributed by atoms with E-state index in [0.717, 1.165) is 17.8 Å². The summed E-state index contributed by atoms with van der Waals surface area (Å²) in [4.78, 5) is 28.3. The fourth-order valence-corrected chi connectivity index (χ4v) is 4.86. The van der Waals surface area contributed by atoms with Crippen LogP contribution >= 0.6 is 34.5 Å². The molecule has 1 heterocycles. The van der Waals surface area contributed by atoms with Crippen molar-refractivity contribution >= 4 is 57.6 Å². The maximum absolute atomic E-state index is 15.2. The summed E-state index contributed by atoms with van der Waals surface area (Å²) in [5, 5.41) is 14.0. The molecule has 0 aliphatic heterocycles. The highest BCUT2D eigenvalue weighted by Crippen LogP contribution is 2.31. The summed E-state index contributed by atoms with van der Waals surface area (Å²) in [5.41, 5.74) is 1.82. The van der Waals surface area contributed by atoms with Crippen LogP contribution in [0.1, 0.15) is 48.2 Å². The zero-order valence-corrected chi connectivity index (χ0v) is 24.1. The molecule has 7 nitrogen and oxygen atoms in total. The number of aliphatic carboxylic acids is 1. The van der Waals surface area contributed by atoms with Gasteiger partial charge in [0.05, 0.1) is 21.8 Å². The number of hydrogen-bond donors (Lipinski definition) is 2. The molecule has 1 unspecified atom stereocenters. The molecule has 0 bridgehead atoms. The van der Waals surface area contributed by atoms with Gasteiger partial charge in [0.2, 0.25) is 0 Å². The van der Waals surface area contributed by atoms with Gasteiger partial charge in [-0.2, -0.15) is 0 Å². The number of carbonyl (C=O) groups is 2. The molecule has 3 aromatic rings. The first-order chi connectivity index (χ1) is 18.6. The normalized spacial score (nSPS) is 12.4. The maximum Gasteiger partial charge on any atom is 0.331 e. The second kappa shape index (κ2) is 14.5. The second-order valence-electron chi connectivity index (χ2n) is 8.81. The standard InChI is InChI=1S/C28H29Cl2FN2O5S/c1-16(27(35)36)12-21-22(29)13-19(14-23(21)30)26(34)33-28-32-24(15-39-28)20-8-4-6-18(25(20)31)7-5-10-38-11-9-17(2)37-3/h4,6,8,12-15,17H,5,7,9-11H2,1-3H3,(H,35,36)(H,32,33,34)/b16-12+. The highest BCUT2D eigenvalue weighted by atomic mass is 35.5. The number of methoxy groups -OCH3 is 1. The fraction of sp³-hybridized carbons (Fsp3) is 0.321. The molecule has 1 amide bonds. The number of carboxylic acids is 1. The number of amides is 1. The van der Waals surface area contributed by atoms with E-state index >= 15 is 4.39 Å². The Morgan fingerprint density at radius 1 is 1.23 bits per heavy atom. The number of carbonyl (C=O) groups excluding carboxylic acids is 1. The summed E-state index contributed by atoms with van der Waals surface area (Å²) in [5.74, 6) is -1.98. The van der Waals surface area contributed by atoms with Crippen LogP contribution in [0.5, 0.6) is 0 Å². The van der Waals surface area contributed by atoms with Gasteiger partial charge < -0.3 is 14.6 Å². The molecule has 0 aliphatic rings. The summed E-state index contributed by atoms with van der Waals surface area (Å²) in [7, 11) is 1.66. The van der Waals surface area contributed by atoms with Gasteiger partial charge in [0.25, 0.3) is 5.91 Å². The van der Waals surface area contributed by atoms with E-state index in [1.54, 1.807) is 30.7 Å². The monoisotopic (exact) mass is 594 g/mol. The fourth-order valence-electron chi connectivity index (χ4n) is 3.56. The van der Waals surface area contributed by atoms with Gasteiger partial charge in [0, 0.05) is 48.0 Å². The minimum absolute atomic E-state index is 0.0450. The van der Waals surface area contributed by atoms with E-state index in [1.807, 2.05) is 6.92 Å². The number of anilines is 1. The largest absolute Gasteiger partial charge is 0.478 e. The van der Waals surface area contributed by atoms with Gasteiger partial charge in [-0.3, -0.25) is 10.1 Å². The molecule has 11 heteroatoms. The van der Waals surface area contributed by atoms with Crippen molar-refractivity contribution in [2.24, 2.45) is 0 Å². The Morgan fingerprint density at radius 2 is 1.95 bits per heavy atom. The van der Waals surface area contributed by atoms with Crippen LogP contribution in [0, 0.1) is 5.82 Å². The number of benzene rings is 2. The van der Waals surface area contributed by atoms with Crippen molar-refractivity contribution in [2.75, 3.05) is 25.6 Å². The molecular formula is C28H29Cl2FN2O5S. The SMILES string of the molecule is COC(C)CCOCCCc1cccc(-c2csc(NC(=O)c3cc(Cl)c(/C=C(\C)C(=O)O)c(Cl)c3)n2)c1F. The molecule has 1 aromatic heterocycles. The van der Waals surface area contributed by atoms with Crippen LogP contribution in [0.25, 0.3) is 17.3 Å². The molecule has 208 valence electrons. The van der Waals surface area contributed by atoms with Crippen LogP contribution in [0.3, 0.4) is 0 Å². The number of ether oxygens (including phenoxy) is 2. The van der Waals surface area contributed by atoms with Crippen molar-refractivity contribution in [3.05, 3.63) is 73.8 Å². The molecule has 1 atom stereocenters. The first-order valence-electron chi connectivity index (χ1n) is 12.2. The number of aromatic nitrogens is 1. The average Bonchev–Trinajstić information content (AvgIpc) is 3.36. The van der Waals surface area contributed by atoms with E-state index in [1.165, 1.54) is 25.1 Å². The van der Waals surface area contributed by atoms with E-state index in [4.69, 9.17) is 37.8 Å². The topological polar surface area (TPSA) is 97.8 Å². The maximum atomic E-state index is 15.2. The lowest BCUT2D eigenvalue weighted by atomic mass is 10.0. The van der Waals surface area contributed by atoms with Crippen molar-refractivity contribution in [3.63, 3.8) is 0 Å². The van der Waals surface area contributed by atoms with Crippen LogP contribution < -0.4 is 5.32 Å². The summed E-state index contributed by atoms with van der Waals surface area (Å²) in [6, 6.07) is 7.95. The number of nitrogens with zero attached hydrogens (tertiary/aromatic N) is 1. The highest BCUT2D eigenvalue weighted by Gasteiger charge is 2.17. The van der Waals surface area contributed by atoms with E-state index in [9.17, 15) is 9.59 Å². The lowest BCUT2D eigenvalue weighted by Gasteiger charge is -2.10. The van der Waals surface area contributed by atoms with Crippen LogP contribution in [-0.4, -0.2) is 48.4 Å². The number of nitrogens with one attached hydrogen (secondary N) is 1. The third-order valence-electron chi connectivity index (χ3n) is 5.92. The number of hydrogen-bond acceptors (Lipinski definition) is 6. The lowest BCUT2D eigenvalue weighted by Crippen LogP contribution is -2.12. The Bertz CT molecular complexity index is 1340. The Morgan fingerprint density at radius 3 is 2.62 bits per heavy atom. The van der Waals surface area contributed by atoms with Crippen molar-refractivity contribution in [1.29, 1.82) is 0 Å². The number of halogens is 3. The summed E-state index contributed by atoms with van der Waals surface area (Å²) < 4.78 is 26.0. The lowest BCUT2D eigenvalue weighted by molar-refractivity contribution is -0.132. The van der Waals surface area contributed by atoms with Gasteiger partial charge in [-0.25, -0.2) is 14.2 Å². The minimum atomic E-state index is -1.11. The van der Waals surface area contributed by atoms with Crippen molar-refractivity contribution in [3.8, 4) is 11.3 Å². The van der Waals surface area contributed by atoms with E-state index in [2.05, 4.69) is 10.3 Å². The number of rotatable bonds is 13. The van der Waals surface area contributed by atoms with E-state index in [-0.39, 0.29) is 38.2 Å². The molecule has 0 fully saturated rings. The van der Waals surface area contributed by atoms with Gasteiger partial charge in [-0.15, -0.1) is 11.3 Å². The molecule has 3 rings (SSSR count). The Labute approximate surface area is 240 Å². The zero-order chi connectivity index (χ0) is 28.5. The average molecular weight is 596 g/mol. The van der Waals surface area contributed by atoms with E-state index in [0.29, 0.717) is 48.4 Å². The molecule has 0 saturated carbocycles. The highest BCUT2D eigenvalue weighted by molar-refractivity contribution is 7.14. The summed E-state index contributed by atoms with van der Waals surface area (Å²) >= 11 is 13.7. The van der Waals surface area contributed by atoms with Crippen molar-refractivity contribution < 1.29 is 28.6 Å². The van der Waals surface area contributed by atoms with Gasteiger partial charge in [0.1, 0.15) is 5.82 Å². The van der Waals surface area contributed by atoms with Crippen LogP contribution in [-0.2, 0) is 20.7 Å². The van der Waals surface area contributed by atoms with Crippen LogP contribution in [0.4, 0.5) is 9.52 Å². The molecule has 0 radical (unpaired) electrons. The van der Waals surface area contributed by atoms with Crippen molar-refractivity contribution in [2.45, 2.75) is 39.2 Å². The molecule has 0 aliphatic carbocycles. The molecule has 2 aromatic carbocycles.